The molecule has 0 unspecified atom stereocenters. The molecule has 1 saturated carbocycles. The lowest BCUT2D eigenvalue weighted by atomic mass is 9.98. The van der Waals surface area contributed by atoms with Crippen LogP contribution >= 0.6 is 0 Å². The van der Waals surface area contributed by atoms with E-state index in [0.717, 1.165) is 22.5 Å². The van der Waals surface area contributed by atoms with E-state index in [9.17, 15) is 18.0 Å². The van der Waals surface area contributed by atoms with Gasteiger partial charge in [-0.15, -0.1) is 6.58 Å². The molecule has 1 aliphatic rings. The molecule has 0 aliphatic heterocycles. The van der Waals surface area contributed by atoms with Crippen LogP contribution in [0.25, 0.3) is 33.3 Å². The number of amides is 1. The Morgan fingerprint density at radius 3 is 2.57 bits per heavy atom. The molecule has 11 heteroatoms. The summed E-state index contributed by atoms with van der Waals surface area (Å²) >= 11 is 0. The third-order valence-electron chi connectivity index (χ3n) is 8.50. The first-order valence-electron chi connectivity index (χ1n) is 14.6. The second-order valence-corrected chi connectivity index (χ2v) is 13.7. The van der Waals surface area contributed by atoms with Crippen molar-refractivity contribution in [2.24, 2.45) is 0 Å². The van der Waals surface area contributed by atoms with Crippen LogP contribution in [-0.2, 0) is 23.0 Å². The van der Waals surface area contributed by atoms with Crippen molar-refractivity contribution in [3.05, 3.63) is 106 Å². The number of nitrogens with zero attached hydrogens (tertiary/aromatic N) is 3. The smallest absolute Gasteiger partial charge is 0.253 e. The lowest BCUT2D eigenvalue weighted by Gasteiger charge is -2.17. The normalized spacial score (nSPS) is 14.1. The van der Waals surface area contributed by atoms with Crippen molar-refractivity contribution in [2.45, 2.75) is 57.7 Å². The van der Waals surface area contributed by atoms with Gasteiger partial charge in [0, 0.05) is 58.5 Å². The number of nitrogens with one attached hydrogen (secondary N) is 3. The maximum Gasteiger partial charge on any atom is 0.253 e. The van der Waals surface area contributed by atoms with Gasteiger partial charge in [0.15, 0.2) is 0 Å². The number of rotatable bonds is 10. The fraction of sp³-hybridized carbons (Fsp3) is 0.273. The van der Waals surface area contributed by atoms with Gasteiger partial charge in [-0.1, -0.05) is 19.1 Å². The van der Waals surface area contributed by atoms with Crippen LogP contribution in [0, 0.1) is 13.8 Å². The van der Waals surface area contributed by atoms with Crippen LogP contribution in [-0.4, -0.2) is 43.2 Å². The predicted molar refractivity (Wildman–Crippen MR) is 171 cm³/mol. The van der Waals surface area contributed by atoms with Gasteiger partial charge in [-0.25, -0.2) is 12.4 Å². The predicted octanol–water partition coefficient (Wildman–Crippen LogP) is 5.18. The summed E-state index contributed by atoms with van der Waals surface area (Å²) in [5.41, 5.74) is 6.17. The Hall–Kier alpha value is -4.77. The van der Waals surface area contributed by atoms with Gasteiger partial charge >= 0.3 is 0 Å². The van der Waals surface area contributed by atoms with E-state index in [0.29, 0.717) is 64.4 Å². The molecule has 0 radical (unpaired) electrons. The third kappa shape index (κ3) is 4.96. The average Bonchev–Trinajstić information content (AvgIpc) is 3.45. The maximum atomic E-state index is 14.0. The molecule has 1 amide bonds. The number of fused-ring (bicyclic) bond motifs is 1. The number of aromatic nitrogens is 5. The van der Waals surface area contributed by atoms with Crippen molar-refractivity contribution >= 4 is 26.8 Å². The zero-order valence-electron chi connectivity index (χ0n) is 24.9. The summed E-state index contributed by atoms with van der Waals surface area (Å²) in [7, 11) is -3.80. The zero-order chi connectivity index (χ0) is 31.2. The standard InChI is InChI=1S/C33H34N6O4S/c1-5-9-33(10-11-33)44(42,43)39-19-20(3)30-26(31(40)35-18-27-22(6-2)12-21(4)38-32(27)41)13-24(14-29(30)39)23-7-8-28(34-15-23)25-16-36-37-17-25/h5,7-8,12-17,19H,1,6,9-11,18H2,2-4H3,(H,35,40)(H,36,37)(H,38,41). The Morgan fingerprint density at radius 1 is 1.14 bits per heavy atom. The molecule has 4 aromatic heterocycles. The molecule has 0 bridgehead atoms. The minimum Gasteiger partial charge on any atom is -0.348 e. The van der Waals surface area contributed by atoms with Crippen molar-refractivity contribution in [1.82, 2.24) is 29.5 Å². The van der Waals surface area contributed by atoms with Gasteiger partial charge < -0.3 is 10.3 Å². The number of pyridine rings is 2. The van der Waals surface area contributed by atoms with Gasteiger partial charge in [-0.3, -0.25) is 19.7 Å². The highest BCUT2D eigenvalue weighted by Crippen LogP contribution is 2.49. The quantitative estimate of drug-likeness (QED) is 0.186. The van der Waals surface area contributed by atoms with E-state index in [2.05, 4.69) is 32.1 Å². The Kier molecular flexibility index (Phi) is 7.36. The van der Waals surface area contributed by atoms with Crippen molar-refractivity contribution in [3.63, 3.8) is 0 Å². The molecule has 44 heavy (non-hydrogen) atoms. The molecule has 5 aromatic rings. The van der Waals surface area contributed by atoms with Gasteiger partial charge in [0.2, 0.25) is 10.0 Å². The summed E-state index contributed by atoms with van der Waals surface area (Å²) < 4.78 is 28.5. The molecule has 226 valence electrons. The number of H-pyrrole nitrogens is 2. The van der Waals surface area contributed by atoms with Crippen molar-refractivity contribution in [1.29, 1.82) is 0 Å². The molecule has 1 aliphatic carbocycles. The van der Waals surface area contributed by atoms with E-state index < -0.39 is 20.7 Å². The lowest BCUT2D eigenvalue weighted by molar-refractivity contribution is 0.0952. The monoisotopic (exact) mass is 610 g/mol. The van der Waals surface area contributed by atoms with E-state index in [1.165, 1.54) is 3.97 Å². The first-order valence-corrected chi connectivity index (χ1v) is 16.0. The van der Waals surface area contributed by atoms with Crippen LogP contribution in [0.15, 0.2) is 72.6 Å². The van der Waals surface area contributed by atoms with Crippen molar-refractivity contribution in [2.75, 3.05) is 0 Å². The van der Waals surface area contributed by atoms with E-state index in [1.807, 2.05) is 32.0 Å². The number of aromatic amines is 2. The minimum absolute atomic E-state index is 0.0325. The summed E-state index contributed by atoms with van der Waals surface area (Å²) in [5, 5.41) is 10.2. The summed E-state index contributed by atoms with van der Waals surface area (Å²) in [6, 6.07) is 9.20. The van der Waals surface area contributed by atoms with Gasteiger partial charge in [-0.2, -0.15) is 5.10 Å². The highest BCUT2D eigenvalue weighted by molar-refractivity contribution is 7.91. The van der Waals surface area contributed by atoms with E-state index >= 15 is 0 Å². The van der Waals surface area contributed by atoms with Gasteiger partial charge in [-0.05, 0) is 80.5 Å². The number of carbonyl (C=O) groups is 1. The molecule has 10 nitrogen and oxygen atoms in total. The zero-order valence-corrected chi connectivity index (χ0v) is 25.7. The summed E-state index contributed by atoms with van der Waals surface area (Å²) in [6.45, 7) is 9.40. The number of aryl methyl sites for hydroxylation is 3. The Labute approximate surface area is 255 Å². The SMILES string of the molecule is C=CCC1(S(=O)(=O)n2cc(C)c3c(C(=O)NCc4c(CC)cc(C)[nH]c4=O)cc(-c4ccc(-c5cn[nH]c5)nc4)cc32)CC1. The third-order valence-corrected chi connectivity index (χ3v) is 11.0. The number of hydrogen-bond acceptors (Lipinski definition) is 6. The van der Waals surface area contributed by atoms with Crippen molar-refractivity contribution < 1.29 is 13.2 Å². The first kappa shape index (κ1) is 29.3. The molecule has 0 saturated heterocycles. The largest absolute Gasteiger partial charge is 0.348 e. The number of hydrogen-bond donors (Lipinski definition) is 3. The topological polar surface area (TPSA) is 143 Å². The van der Waals surface area contributed by atoms with Gasteiger partial charge in [0.05, 0.1) is 22.2 Å². The highest BCUT2D eigenvalue weighted by Gasteiger charge is 2.54. The van der Waals surface area contributed by atoms with Gasteiger partial charge in [0.25, 0.3) is 11.5 Å². The fourth-order valence-electron chi connectivity index (χ4n) is 5.93. The Morgan fingerprint density at radius 2 is 1.93 bits per heavy atom. The molecule has 3 N–H and O–H groups in total. The minimum atomic E-state index is -3.80. The van der Waals surface area contributed by atoms with Crippen LogP contribution < -0.4 is 10.9 Å². The maximum absolute atomic E-state index is 14.0. The van der Waals surface area contributed by atoms with E-state index in [-0.39, 0.29) is 12.1 Å². The molecule has 6 rings (SSSR count). The second-order valence-electron chi connectivity index (χ2n) is 11.4. The summed E-state index contributed by atoms with van der Waals surface area (Å²) in [5.74, 6) is -0.410. The highest BCUT2D eigenvalue weighted by atomic mass is 32.2. The molecule has 0 atom stereocenters. The second kappa shape index (κ2) is 11.1. The molecular weight excluding hydrogens is 576 g/mol. The van der Waals surface area contributed by atoms with Gasteiger partial charge in [0.1, 0.15) is 0 Å². The fourth-order valence-corrected chi connectivity index (χ4v) is 8.00. The molecule has 0 spiro atoms. The van der Waals surface area contributed by atoms with Crippen LogP contribution in [0.1, 0.15) is 58.9 Å². The van der Waals surface area contributed by atoms with E-state index in [4.69, 9.17) is 0 Å². The average molecular weight is 611 g/mol. The van der Waals surface area contributed by atoms with Crippen LogP contribution in [0.5, 0.6) is 0 Å². The molecule has 1 fully saturated rings. The molecule has 4 heterocycles. The number of benzene rings is 1. The Bertz CT molecular complexity index is 2070. The Balaban J connectivity index is 1.47. The number of allylic oxidation sites excluding steroid dienone is 1. The summed E-state index contributed by atoms with van der Waals surface area (Å²) in [6.07, 6.45) is 10.5. The summed E-state index contributed by atoms with van der Waals surface area (Å²) in [4.78, 5) is 34.1. The van der Waals surface area contributed by atoms with Crippen LogP contribution in [0.2, 0.25) is 0 Å². The van der Waals surface area contributed by atoms with Crippen LogP contribution in [0.3, 0.4) is 0 Å². The number of carbonyl (C=O) groups excluding carboxylic acids is 1. The molecular formula is C33H34N6O4S. The first-order chi connectivity index (χ1) is 21.1. The lowest BCUT2D eigenvalue weighted by Crippen LogP contribution is -2.29. The van der Waals surface area contributed by atoms with Crippen molar-refractivity contribution in [3.8, 4) is 22.4 Å². The van der Waals surface area contributed by atoms with E-state index in [1.54, 1.807) is 49.9 Å². The van der Waals surface area contributed by atoms with Crippen LogP contribution in [0.4, 0.5) is 0 Å². The molecule has 1 aromatic carbocycles.